The van der Waals surface area contributed by atoms with E-state index in [1.165, 1.54) is 24.3 Å². The summed E-state index contributed by atoms with van der Waals surface area (Å²) >= 11 is 5.13. The van der Waals surface area contributed by atoms with Gasteiger partial charge < -0.3 is 21.1 Å². The molecule has 3 rings (SSSR count). The molecule has 13 heteroatoms. The summed E-state index contributed by atoms with van der Waals surface area (Å²) in [4.78, 5) is 24.2. The zero-order valence-corrected chi connectivity index (χ0v) is 19.3. The summed E-state index contributed by atoms with van der Waals surface area (Å²) in [5.74, 6) is -1.90. The normalized spacial score (nSPS) is 18.3. The third-order valence-electron chi connectivity index (χ3n) is 5.65. The quantitative estimate of drug-likeness (QED) is 0.302. The number of nitrogens with one attached hydrogen (secondary N) is 3. The minimum atomic E-state index is -5.00. The fourth-order valence-corrected chi connectivity index (χ4v) is 4.22. The Morgan fingerprint density at radius 3 is 1.83 bits per heavy atom. The second-order valence-corrected chi connectivity index (χ2v) is 8.62. The number of rotatable bonds is 5. The summed E-state index contributed by atoms with van der Waals surface area (Å²) in [6.07, 6.45) is -7.52. The number of benzene rings is 2. The molecule has 0 aromatic heterocycles. The van der Waals surface area contributed by atoms with Crippen molar-refractivity contribution in [2.75, 3.05) is 5.32 Å². The Kier molecular flexibility index (Phi) is 8.12. The molecule has 2 aromatic rings. The van der Waals surface area contributed by atoms with Crippen LogP contribution in [0.15, 0.2) is 42.5 Å². The van der Waals surface area contributed by atoms with Crippen LogP contribution in [0, 0.1) is 0 Å². The third kappa shape index (κ3) is 6.86. The zero-order valence-electron chi connectivity index (χ0n) is 18.5. The molecule has 0 aliphatic heterocycles. The molecule has 1 fully saturated rings. The van der Waals surface area contributed by atoms with Crippen LogP contribution in [0.1, 0.15) is 57.5 Å². The first-order valence-corrected chi connectivity index (χ1v) is 11.2. The highest BCUT2D eigenvalue weighted by Gasteiger charge is 2.37. The number of carbonyl (C=O) groups excluding carboxylic acids is 1. The molecular formula is C23H21F6N3O3S. The number of carboxylic acids is 1. The van der Waals surface area contributed by atoms with Gasteiger partial charge in [-0.1, -0.05) is 25.0 Å². The van der Waals surface area contributed by atoms with Gasteiger partial charge in [0.05, 0.1) is 22.3 Å². The van der Waals surface area contributed by atoms with E-state index in [4.69, 9.17) is 12.2 Å². The van der Waals surface area contributed by atoms with Crippen LogP contribution in [-0.4, -0.2) is 34.2 Å². The van der Waals surface area contributed by atoms with E-state index in [0.717, 1.165) is 12.8 Å². The number of hydrogen-bond donors (Lipinski definition) is 4. The molecule has 1 saturated carbocycles. The molecule has 0 bridgehead atoms. The van der Waals surface area contributed by atoms with Crippen LogP contribution in [-0.2, 0) is 12.4 Å². The monoisotopic (exact) mass is 533 g/mol. The molecule has 36 heavy (non-hydrogen) atoms. The van der Waals surface area contributed by atoms with Crippen molar-refractivity contribution in [3.05, 3.63) is 64.7 Å². The lowest BCUT2D eigenvalue weighted by atomic mass is 9.90. The molecule has 1 amide bonds. The molecule has 2 aromatic carbocycles. The van der Waals surface area contributed by atoms with Crippen molar-refractivity contribution in [3.8, 4) is 0 Å². The summed E-state index contributed by atoms with van der Waals surface area (Å²) in [5, 5.41) is 17.1. The fraction of sp³-hybridized carbons (Fsp3) is 0.348. The Labute approximate surface area is 207 Å². The van der Waals surface area contributed by atoms with Gasteiger partial charge in [-0.15, -0.1) is 0 Å². The van der Waals surface area contributed by atoms with E-state index < -0.39 is 53.1 Å². The van der Waals surface area contributed by atoms with E-state index >= 15 is 0 Å². The molecule has 4 N–H and O–H groups in total. The minimum Gasteiger partial charge on any atom is -0.478 e. The van der Waals surface area contributed by atoms with Crippen molar-refractivity contribution in [2.24, 2.45) is 0 Å². The number of hydrogen-bond acceptors (Lipinski definition) is 3. The van der Waals surface area contributed by atoms with Crippen molar-refractivity contribution >= 4 is 34.9 Å². The Bertz CT molecular complexity index is 1120. The molecule has 194 valence electrons. The van der Waals surface area contributed by atoms with Crippen molar-refractivity contribution in [3.63, 3.8) is 0 Å². The van der Waals surface area contributed by atoms with Crippen LogP contribution in [0.3, 0.4) is 0 Å². The van der Waals surface area contributed by atoms with Gasteiger partial charge in [0.15, 0.2) is 5.11 Å². The average molecular weight is 533 g/mol. The predicted molar refractivity (Wildman–Crippen MR) is 123 cm³/mol. The number of halogens is 6. The first-order valence-electron chi connectivity index (χ1n) is 10.8. The number of carboxylic acid groups (broad SMARTS) is 1. The lowest BCUT2D eigenvalue weighted by Crippen LogP contribution is -2.54. The fourth-order valence-electron chi connectivity index (χ4n) is 3.95. The van der Waals surface area contributed by atoms with E-state index in [2.05, 4.69) is 16.0 Å². The molecule has 0 unspecified atom stereocenters. The summed E-state index contributed by atoms with van der Waals surface area (Å²) in [6.45, 7) is 0. The van der Waals surface area contributed by atoms with Gasteiger partial charge in [-0.3, -0.25) is 4.79 Å². The van der Waals surface area contributed by atoms with Gasteiger partial charge in [-0.25, -0.2) is 4.79 Å². The van der Waals surface area contributed by atoms with Gasteiger partial charge in [0.25, 0.3) is 5.91 Å². The maximum Gasteiger partial charge on any atom is 0.416 e. The molecule has 0 radical (unpaired) electrons. The maximum absolute atomic E-state index is 13.1. The first-order chi connectivity index (χ1) is 16.8. The Morgan fingerprint density at radius 1 is 0.833 bits per heavy atom. The van der Waals surface area contributed by atoms with E-state index in [1.807, 2.05) is 0 Å². The summed E-state index contributed by atoms with van der Waals surface area (Å²) in [6, 6.07) is 5.70. The topological polar surface area (TPSA) is 90.5 Å². The zero-order chi connectivity index (χ0) is 26.7. The lowest BCUT2D eigenvalue weighted by molar-refractivity contribution is -0.143. The number of anilines is 1. The van der Waals surface area contributed by atoms with E-state index in [1.54, 1.807) is 0 Å². The van der Waals surface area contributed by atoms with Crippen LogP contribution >= 0.6 is 12.2 Å². The highest BCUT2D eigenvalue weighted by molar-refractivity contribution is 7.80. The second kappa shape index (κ2) is 10.7. The maximum atomic E-state index is 13.1. The van der Waals surface area contributed by atoms with E-state index in [0.29, 0.717) is 25.0 Å². The Morgan fingerprint density at radius 2 is 1.33 bits per heavy atom. The van der Waals surface area contributed by atoms with Gasteiger partial charge >= 0.3 is 18.3 Å². The van der Waals surface area contributed by atoms with Crippen LogP contribution in [0.5, 0.6) is 0 Å². The van der Waals surface area contributed by atoms with Gasteiger partial charge in [0.1, 0.15) is 0 Å². The Balaban J connectivity index is 1.74. The largest absolute Gasteiger partial charge is 0.478 e. The molecule has 6 nitrogen and oxygen atoms in total. The van der Waals surface area contributed by atoms with E-state index in [9.17, 15) is 41.0 Å². The number of amides is 1. The summed E-state index contributed by atoms with van der Waals surface area (Å²) in [5.41, 5.74) is -3.69. The molecule has 0 heterocycles. The standard InChI is InChI=1S/C23H21F6N3O3S/c24-22(25,26)12-9-13(23(27,28)29)11-14(10-12)30-21(36)32-18-8-4-3-7-17(18)31-19(33)15-5-1-2-6-16(15)20(34)35/h1-2,5-6,9-11,17-18H,3-4,7-8H2,(H,31,33)(H,34,35)(H2,30,32,36)/t17-,18-/m1/s1. The number of thiocarbonyl (C=S) groups is 1. The van der Waals surface area contributed by atoms with Crippen LogP contribution in [0.2, 0.25) is 0 Å². The molecule has 0 spiro atoms. The van der Waals surface area contributed by atoms with Crippen molar-refractivity contribution in [1.82, 2.24) is 10.6 Å². The van der Waals surface area contributed by atoms with Crippen molar-refractivity contribution in [2.45, 2.75) is 50.1 Å². The molecule has 0 saturated heterocycles. The highest BCUT2D eigenvalue weighted by Crippen LogP contribution is 2.37. The van der Waals surface area contributed by atoms with Crippen molar-refractivity contribution < 1.29 is 41.0 Å². The lowest BCUT2D eigenvalue weighted by Gasteiger charge is -2.33. The molecule has 1 aliphatic carbocycles. The van der Waals surface area contributed by atoms with Crippen LogP contribution in [0.4, 0.5) is 32.0 Å². The number of aromatic carboxylic acids is 1. The summed E-state index contributed by atoms with van der Waals surface area (Å²) in [7, 11) is 0. The molecular weight excluding hydrogens is 512 g/mol. The number of carbonyl (C=O) groups is 2. The average Bonchev–Trinajstić information content (AvgIpc) is 2.79. The van der Waals surface area contributed by atoms with Gasteiger partial charge in [0, 0.05) is 17.8 Å². The van der Waals surface area contributed by atoms with Crippen LogP contribution < -0.4 is 16.0 Å². The SMILES string of the molecule is O=C(O)c1ccccc1C(=O)N[C@@H]1CCCC[C@H]1NC(=S)Nc1cc(C(F)(F)F)cc(C(F)(F)F)c1. The van der Waals surface area contributed by atoms with Gasteiger partial charge in [0.2, 0.25) is 0 Å². The number of alkyl halides is 6. The Hall–Kier alpha value is -3.35. The second-order valence-electron chi connectivity index (χ2n) is 8.21. The summed E-state index contributed by atoms with van der Waals surface area (Å²) < 4.78 is 78.7. The predicted octanol–water partition coefficient (Wildman–Crippen LogP) is 5.45. The minimum absolute atomic E-state index is 0.0172. The van der Waals surface area contributed by atoms with Crippen molar-refractivity contribution in [1.29, 1.82) is 0 Å². The molecule has 1 aliphatic rings. The first kappa shape index (κ1) is 27.2. The molecule has 2 atom stereocenters. The van der Waals surface area contributed by atoms with E-state index in [-0.39, 0.29) is 22.3 Å². The third-order valence-corrected chi connectivity index (χ3v) is 5.87. The van der Waals surface area contributed by atoms with Gasteiger partial charge in [-0.2, -0.15) is 26.3 Å². The van der Waals surface area contributed by atoms with Gasteiger partial charge in [-0.05, 0) is 55.4 Å². The highest BCUT2D eigenvalue weighted by atomic mass is 32.1. The van der Waals surface area contributed by atoms with Crippen LogP contribution in [0.25, 0.3) is 0 Å². The smallest absolute Gasteiger partial charge is 0.416 e.